The van der Waals surface area contributed by atoms with Crippen LogP contribution in [-0.2, 0) is 5.41 Å². The average Bonchev–Trinajstić information content (AvgIpc) is 3.08. The molecule has 1 saturated heterocycles. The lowest BCUT2D eigenvalue weighted by Gasteiger charge is -2.49. The van der Waals surface area contributed by atoms with Gasteiger partial charge in [0.05, 0.1) is 4.99 Å². The van der Waals surface area contributed by atoms with Crippen LogP contribution in [0.3, 0.4) is 0 Å². The summed E-state index contributed by atoms with van der Waals surface area (Å²) in [6.07, 6.45) is 9.14. The molecule has 4 saturated carbocycles. The third-order valence-corrected chi connectivity index (χ3v) is 10.1. The number of hydrogen-bond donors (Lipinski definition) is 1. The fourth-order valence-corrected chi connectivity index (χ4v) is 8.58. The van der Waals surface area contributed by atoms with Crippen LogP contribution in [0.5, 0.6) is 0 Å². The quantitative estimate of drug-likeness (QED) is 0.660. The number of likely N-dealkylation sites (tertiary alicyclic amines) is 1. The van der Waals surface area contributed by atoms with Gasteiger partial charge in [0.25, 0.3) is 0 Å². The summed E-state index contributed by atoms with van der Waals surface area (Å²) in [6.45, 7) is 9.11. The van der Waals surface area contributed by atoms with Crippen LogP contribution in [0.4, 0.5) is 0 Å². The van der Waals surface area contributed by atoms with Crippen LogP contribution >= 0.6 is 12.2 Å². The smallest absolute Gasteiger partial charge is 0.0845 e. The van der Waals surface area contributed by atoms with Crippen molar-refractivity contribution in [3.63, 3.8) is 0 Å². The highest BCUT2D eigenvalue weighted by Gasteiger charge is 2.69. The van der Waals surface area contributed by atoms with Gasteiger partial charge in [-0.05, 0) is 66.3 Å². The number of piperidine rings is 1. The van der Waals surface area contributed by atoms with Gasteiger partial charge in [0, 0.05) is 24.5 Å². The molecule has 4 aliphatic carbocycles. The summed E-state index contributed by atoms with van der Waals surface area (Å²) in [4.78, 5) is 3.90. The van der Waals surface area contributed by atoms with Gasteiger partial charge in [-0.15, -0.1) is 0 Å². The average molecular weight is 411 g/mol. The fraction of sp³-hybridized carbons (Fsp3) is 0.731. The Bertz CT molecular complexity index is 789. The minimum Gasteiger partial charge on any atom is -0.365 e. The summed E-state index contributed by atoms with van der Waals surface area (Å²) < 4.78 is 0. The van der Waals surface area contributed by atoms with E-state index in [9.17, 15) is 0 Å². The molecule has 1 aromatic rings. The standard InChI is InChI=1S/C26H38N2S/c1-4-8-20-18-13-25(19-9-6-5-7-10-19)15-21(20)26(14-18,16-25)23(29)28-12-11-22(27)24(2,3)17-28/h5-7,9-10,18,20-22H,4,8,11-17,27H2,1-3H3/t18?,20?,21?,22-,25?,26?/m0/s1. The SMILES string of the molecule is CCCC1C2CC3(c4ccccc4)CC1C(C(=S)N1CC[C@H](N)C(C)(C)C1)(C2)C3. The molecule has 5 aliphatic rings. The van der Waals surface area contributed by atoms with Gasteiger partial charge in [-0.2, -0.15) is 0 Å². The molecule has 6 rings (SSSR count). The Balaban J connectivity index is 1.49. The largest absolute Gasteiger partial charge is 0.365 e. The van der Waals surface area contributed by atoms with Gasteiger partial charge in [-0.25, -0.2) is 0 Å². The van der Waals surface area contributed by atoms with Crippen LogP contribution in [-0.4, -0.2) is 29.0 Å². The Hall–Kier alpha value is -0.930. The normalized spacial score (nSPS) is 42.4. The third-order valence-electron chi connectivity index (χ3n) is 9.41. The number of thiocarbonyl (C=S) groups is 1. The molecule has 1 heterocycles. The van der Waals surface area contributed by atoms with Gasteiger partial charge in [0.15, 0.2) is 0 Å². The lowest BCUT2D eigenvalue weighted by molar-refractivity contribution is 0.133. The van der Waals surface area contributed by atoms with Crippen molar-refractivity contribution in [2.45, 2.75) is 77.2 Å². The first-order valence-corrected chi connectivity index (χ1v) is 12.3. The van der Waals surface area contributed by atoms with E-state index in [1.165, 1.54) is 43.5 Å². The van der Waals surface area contributed by atoms with E-state index in [0.717, 1.165) is 37.3 Å². The summed E-state index contributed by atoms with van der Waals surface area (Å²) >= 11 is 6.40. The van der Waals surface area contributed by atoms with E-state index in [2.05, 4.69) is 56.0 Å². The molecule has 5 fully saturated rings. The molecule has 0 spiro atoms. The topological polar surface area (TPSA) is 29.3 Å². The molecule has 1 aliphatic heterocycles. The Kier molecular flexibility index (Phi) is 4.68. The zero-order valence-corrected chi connectivity index (χ0v) is 19.3. The van der Waals surface area contributed by atoms with Gasteiger partial charge < -0.3 is 10.6 Å². The summed E-state index contributed by atoms with van der Waals surface area (Å²) in [5.74, 6) is 2.53. The molecule has 2 N–H and O–H groups in total. The molecule has 6 atom stereocenters. The Morgan fingerprint density at radius 2 is 1.93 bits per heavy atom. The first-order chi connectivity index (χ1) is 13.8. The molecule has 2 nitrogen and oxygen atoms in total. The Morgan fingerprint density at radius 1 is 1.17 bits per heavy atom. The molecule has 3 heteroatoms. The summed E-state index contributed by atoms with van der Waals surface area (Å²) in [6, 6.07) is 11.7. The molecule has 0 amide bonds. The van der Waals surface area contributed by atoms with Crippen molar-refractivity contribution >= 4 is 17.2 Å². The molecule has 158 valence electrons. The summed E-state index contributed by atoms with van der Waals surface area (Å²) in [5.41, 5.74) is 8.80. The molecule has 0 aromatic heterocycles. The van der Waals surface area contributed by atoms with E-state index >= 15 is 0 Å². The predicted octanol–water partition coefficient (Wildman–Crippen LogP) is 5.55. The van der Waals surface area contributed by atoms with E-state index in [1.807, 2.05) is 0 Å². The fourth-order valence-electron chi connectivity index (χ4n) is 8.12. The second kappa shape index (κ2) is 6.79. The Morgan fingerprint density at radius 3 is 2.62 bits per heavy atom. The van der Waals surface area contributed by atoms with Gasteiger partial charge in [-0.1, -0.05) is 76.2 Å². The van der Waals surface area contributed by atoms with E-state index in [1.54, 1.807) is 5.56 Å². The van der Waals surface area contributed by atoms with E-state index in [4.69, 9.17) is 18.0 Å². The number of nitrogens with two attached hydrogens (primary N) is 1. The summed E-state index contributed by atoms with van der Waals surface area (Å²) in [5, 5.41) is 0. The number of hydrogen-bond acceptors (Lipinski definition) is 2. The van der Waals surface area contributed by atoms with Crippen LogP contribution in [0.15, 0.2) is 30.3 Å². The van der Waals surface area contributed by atoms with Crippen LogP contribution in [0.1, 0.15) is 71.3 Å². The maximum absolute atomic E-state index is 6.45. The highest BCUT2D eigenvalue weighted by atomic mass is 32.1. The molecule has 0 radical (unpaired) electrons. The molecular weight excluding hydrogens is 372 g/mol. The molecule has 1 aromatic carbocycles. The first-order valence-electron chi connectivity index (χ1n) is 11.9. The van der Waals surface area contributed by atoms with Gasteiger partial charge in [0.1, 0.15) is 0 Å². The number of benzene rings is 1. The predicted molar refractivity (Wildman–Crippen MR) is 125 cm³/mol. The van der Waals surface area contributed by atoms with Crippen molar-refractivity contribution in [3.05, 3.63) is 35.9 Å². The first kappa shape index (κ1) is 20.0. The van der Waals surface area contributed by atoms with Crippen molar-refractivity contribution in [2.75, 3.05) is 13.1 Å². The zero-order valence-electron chi connectivity index (χ0n) is 18.5. The minimum atomic E-state index is 0.147. The van der Waals surface area contributed by atoms with E-state index < -0.39 is 0 Å². The minimum absolute atomic E-state index is 0.147. The highest BCUT2D eigenvalue weighted by molar-refractivity contribution is 7.80. The van der Waals surface area contributed by atoms with E-state index in [-0.39, 0.29) is 10.8 Å². The van der Waals surface area contributed by atoms with Gasteiger partial charge in [-0.3, -0.25) is 0 Å². The number of rotatable bonds is 4. The molecule has 29 heavy (non-hydrogen) atoms. The van der Waals surface area contributed by atoms with Crippen molar-refractivity contribution in [2.24, 2.45) is 34.3 Å². The van der Waals surface area contributed by atoms with Crippen molar-refractivity contribution in [1.82, 2.24) is 4.90 Å². The molecule has 4 bridgehead atoms. The second-order valence-corrected chi connectivity index (χ2v) is 11.9. The third kappa shape index (κ3) is 2.86. The number of nitrogens with zero attached hydrogens (tertiary/aromatic N) is 1. The summed E-state index contributed by atoms with van der Waals surface area (Å²) in [7, 11) is 0. The van der Waals surface area contributed by atoms with E-state index in [0.29, 0.717) is 11.5 Å². The Labute approximate surface area is 182 Å². The van der Waals surface area contributed by atoms with Crippen LogP contribution in [0.25, 0.3) is 0 Å². The molecule has 5 unspecified atom stereocenters. The monoisotopic (exact) mass is 410 g/mol. The molecular formula is C26H38N2S. The maximum Gasteiger partial charge on any atom is 0.0845 e. The highest BCUT2D eigenvalue weighted by Crippen LogP contribution is 2.74. The zero-order chi connectivity index (χ0) is 20.4. The maximum atomic E-state index is 6.45. The van der Waals surface area contributed by atoms with Crippen LogP contribution in [0, 0.1) is 28.6 Å². The van der Waals surface area contributed by atoms with Gasteiger partial charge in [0.2, 0.25) is 0 Å². The van der Waals surface area contributed by atoms with Crippen LogP contribution < -0.4 is 5.73 Å². The second-order valence-electron chi connectivity index (χ2n) is 11.5. The lowest BCUT2D eigenvalue weighted by Crippen LogP contribution is -2.56. The van der Waals surface area contributed by atoms with Crippen LogP contribution in [0.2, 0.25) is 0 Å². The van der Waals surface area contributed by atoms with Crippen molar-refractivity contribution in [1.29, 1.82) is 0 Å². The van der Waals surface area contributed by atoms with Crippen molar-refractivity contribution < 1.29 is 0 Å². The lowest BCUT2D eigenvalue weighted by atomic mass is 9.61. The van der Waals surface area contributed by atoms with Crippen molar-refractivity contribution in [3.8, 4) is 0 Å². The van der Waals surface area contributed by atoms with Gasteiger partial charge >= 0.3 is 0 Å².